The first-order chi connectivity index (χ1) is 7.40. The summed E-state index contributed by atoms with van der Waals surface area (Å²) in [5, 5.41) is 3.16. The zero-order valence-electron chi connectivity index (χ0n) is 8.77. The smallest absolute Gasteiger partial charge is 0.160 e. The monoisotopic (exact) mass is 202 g/mol. The average Bonchev–Trinajstić information content (AvgIpc) is 3.01. The van der Waals surface area contributed by atoms with Crippen LogP contribution in [0.3, 0.4) is 0 Å². The number of nitrogens with zero attached hydrogens (tertiary/aromatic N) is 3. The standard InChI is InChI=1S/C11H14N4/c1-12-7-10-14-9-3-2-6-13-11(9)15(10)8-4-5-8/h2-3,6,8,12H,4-5,7H2,1H3. The van der Waals surface area contributed by atoms with Gasteiger partial charge >= 0.3 is 0 Å². The molecule has 2 aromatic rings. The molecule has 0 aromatic carbocycles. The first-order valence-corrected chi connectivity index (χ1v) is 5.36. The van der Waals surface area contributed by atoms with Crippen LogP contribution in [-0.2, 0) is 6.54 Å². The highest BCUT2D eigenvalue weighted by molar-refractivity contribution is 5.71. The molecule has 0 bridgehead atoms. The fourth-order valence-corrected chi connectivity index (χ4v) is 1.98. The summed E-state index contributed by atoms with van der Waals surface area (Å²) in [5.41, 5.74) is 2.04. The van der Waals surface area contributed by atoms with Crippen molar-refractivity contribution in [1.29, 1.82) is 0 Å². The third-order valence-electron chi connectivity index (χ3n) is 2.77. The number of rotatable bonds is 3. The van der Waals surface area contributed by atoms with Crippen molar-refractivity contribution in [2.75, 3.05) is 7.05 Å². The Balaban J connectivity index is 2.19. The number of fused-ring (bicyclic) bond motifs is 1. The number of aromatic nitrogens is 3. The van der Waals surface area contributed by atoms with E-state index in [1.54, 1.807) is 0 Å². The average molecular weight is 202 g/mol. The van der Waals surface area contributed by atoms with E-state index < -0.39 is 0 Å². The SMILES string of the molecule is CNCc1nc2cccnc2n1C1CC1. The van der Waals surface area contributed by atoms with Crippen LogP contribution in [0.15, 0.2) is 18.3 Å². The van der Waals surface area contributed by atoms with Gasteiger partial charge < -0.3 is 9.88 Å². The molecule has 1 N–H and O–H groups in total. The molecule has 0 radical (unpaired) electrons. The van der Waals surface area contributed by atoms with E-state index in [9.17, 15) is 0 Å². The van der Waals surface area contributed by atoms with Gasteiger partial charge in [-0.2, -0.15) is 0 Å². The van der Waals surface area contributed by atoms with Crippen LogP contribution in [0.1, 0.15) is 24.7 Å². The van der Waals surface area contributed by atoms with Crippen LogP contribution >= 0.6 is 0 Å². The van der Waals surface area contributed by atoms with Gasteiger partial charge in [-0.25, -0.2) is 9.97 Å². The Hall–Kier alpha value is -1.42. The zero-order valence-corrected chi connectivity index (χ0v) is 8.77. The molecule has 4 heteroatoms. The summed E-state index contributed by atoms with van der Waals surface area (Å²) < 4.78 is 2.28. The lowest BCUT2D eigenvalue weighted by atomic mass is 10.4. The Bertz CT molecular complexity index is 484. The molecule has 1 saturated carbocycles. The third-order valence-corrected chi connectivity index (χ3v) is 2.77. The molecule has 0 amide bonds. The third kappa shape index (κ3) is 1.41. The van der Waals surface area contributed by atoms with Crippen LogP contribution in [0.4, 0.5) is 0 Å². The van der Waals surface area contributed by atoms with E-state index >= 15 is 0 Å². The normalized spacial score (nSPS) is 16.1. The molecule has 2 heterocycles. The molecule has 0 unspecified atom stereocenters. The summed E-state index contributed by atoms with van der Waals surface area (Å²) in [6.07, 6.45) is 4.36. The highest BCUT2D eigenvalue weighted by Gasteiger charge is 2.28. The molecule has 4 nitrogen and oxygen atoms in total. The van der Waals surface area contributed by atoms with Gasteiger partial charge in [0, 0.05) is 12.2 Å². The van der Waals surface area contributed by atoms with Gasteiger partial charge in [-0.1, -0.05) is 0 Å². The highest BCUT2D eigenvalue weighted by atomic mass is 15.2. The Kier molecular flexibility index (Phi) is 1.95. The largest absolute Gasteiger partial charge is 0.313 e. The number of pyridine rings is 1. The Morgan fingerprint density at radius 3 is 3.13 bits per heavy atom. The van der Waals surface area contributed by atoms with Crippen LogP contribution < -0.4 is 5.32 Å². The fraction of sp³-hybridized carbons (Fsp3) is 0.455. The zero-order chi connectivity index (χ0) is 10.3. The molecule has 0 atom stereocenters. The van der Waals surface area contributed by atoms with Crippen LogP contribution in [0.2, 0.25) is 0 Å². The van der Waals surface area contributed by atoms with Gasteiger partial charge in [0.2, 0.25) is 0 Å². The van der Waals surface area contributed by atoms with Gasteiger partial charge in [-0.3, -0.25) is 0 Å². The lowest BCUT2D eigenvalue weighted by Gasteiger charge is -2.05. The quantitative estimate of drug-likeness (QED) is 0.820. The van der Waals surface area contributed by atoms with E-state index in [4.69, 9.17) is 0 Å². The van der Waals surface area contributed by atoms with Crippen molar-refractivity contribution in [3.05, 3.63) is 24.2 Å². The van der Waals surface area contributed by atoms with Crippen molar-refractivity contribution < 1.29 is 0 Å². The fourth-order valence-electron chi connectivity index (χ4n) is 1.98. The lowest BCUT2D eigenvalue weighted by Crippen LogP contribution is -2.11. The van der Waals surface area contributed by atoms with Crippen LogP contribution in [0, 0.1) is 0 Å². The summed E-state index contributed by atoms with van der Waals surface area (Å²) >= 11 is 0. The molecular formula is C11H14N4. The minimum atomic E-state index is 0.633. The maximum atomic E-state index is 4.60. The second-order valence-electron chi connectivity index (χ2n) is 4.01. The van der Waals surface area contributed by atoms with Crippen molar-refractivity contribution in [1.82, 2.24) is 19.9 Å². The highest BCUT2D eigenvalue weighted by Crippen LogP contribution is 2.37. The first-order valence-electron chi connectivity index (χ1n) is 5.36. The number of hydrogen-bond acceptors (Lipinski definition) is 3. The molecule has 1 aliphatic carbocycles. The van der Waals surface area contributed by atoms with Crippen LogP contribution in [0.25, 0.3) is 11.2 Å². The van der Waals surface area contributed by atoms with Gasteiger partial charge in [0.1, 0.15) is 11.3 Å². The molecule has 78 valence electrons. The Morgan fingerprint density at radius 2 is 2.40 bits per heavy atom. The van der Waals surface area contributed by atoms with Crippen LogP contribution in [-0.4, -0.2) is 21.6 Å². The first kappa shape index (κ1) is 8.85. The molecular weight excluding hydrogens is 188 g/mol. The van der Waals surface area contributed by atoms with Crippen molar-refractivity contribution in [3.8, 4) is 0 Å². The van der Waals surface area contributed by atoms with E-state index in [1.165, 1.54) is 12.8 Å². The number of nitrogens with one attached hydrogen (secondary N) is 1. The maximum Gasteiger partial charge on any atom is 0.160 e. The molecule has 15 heavy (non-hydrogen) atoms. The molecule has 1 aliphatic rings. The molecule has 0 saturated heterocycles. The lowest BCUT2D eigenvalue weighted by molar-refractivity contribution is 0.655. The minimum Gasteiger partial charge on any atom is -0.313 e. The van der Waals surface area contributed by atoms with Crippen molar-refractivity contribution >= 4 is 11.2 Å². The summed E-state index contributed by atoms with van der Waals surface area (Å²) in [5.74, 6) is 1.11. The van der Waals surface area contributed by atoms with Crippen molar-refractivity contribution in [2.45, 2.75) is 25.4 Å². The molecule has 2 aromatic heterocycles. The van der Waals surface area contributed by atoms with Crippen LogP contribution in [0.5, 0.6) is 0 Å². The topological polar surface area (TPSA) is 42.7 Å². The van der Waals surface area contributed by atoms with Gasteiger partial charge in [0.15, 0.2) is 5.65 Å². The number of hydrogen-bond donors (Lipinski definition) is 1. The Labute approximate surface area is 88.3 Å². The van der Waals surface area contributed by atoms with Gasteiger partial charge in [-0.05, 0) is 32.0 Å². The second-order valence-corrected chi connectivity index (χ2v) is 4.01. The summed E-state index contributed by atoms with van der Waals surface area (Å²) in [7, 11) is 1.95. The van der Waals surface area contributed by atoms with Crippen molar-refractivity contribution in [2.24, 2.45) is 0 Å². The maximum absolute atomic E-state index is 4.60. The van der Waals surface area contributed by atoms with E-state index in [-0.39, 0.29) is 0 Å². The second kappa shape index (κ2) is 3.31. The van der Waals surface area contributed by atoms with Gasteiger partial charge in [0.25, 0.3) is 0 Å². The summed E-state index contributed by atoms with van der Waals surface area (Å²) in [6.45, 7) is 0.812. The van der Waals surface area contributed by atoms with E-state index in [2.05, 4.69) is 19.9 Å². The van der Waals surface area contributed by atoms with E-state index in [0.717, 1.165) is 23.5 Å². The predicted molar refractivity (Wildman–Crippen MR) is 58.6 cm³/mol. The van der Waals surface area contributed by atoms with Crippen molar-refractivity contribution in [3.63, 3.8) is 0 Å². The molecule has 3 rings (SSSR count). The van der Waals surface area contributed by atoms with E-state index in [1.807, 2.05) is 25.4 Å². The number of imidazole rings is 1. The molecule has 1 fully saturated rings. The molecule has 0 aliphatic heterocycles. The van der Waals surface area contributed by atoms with Gasteiger partial charge in [0.05, 0.1) is 6.54 Å². The predicted octanol–water partition coefficient (Wildman–Crippen LogP) is 1.49. The minimum absolute atomic E-state index is 0.633. The Morgan fingerprint density at radius 1 is 1.53 bits per heavy atom. The molecule has 0 spiro atoms. The summed E-state index contributed by atoms with van der Waals surface area (Å²) in [4.78, 5) is 9.02. The van der Waals surface area contributed by atoms with Gasteiger partial charge in [-0.15, -0.1) is 0 Å². The summed E-state index contributed by atoms with van der Waals surface area (Å²) in [6, 6.07) is 4.60. The van der Waals surface area contributed by atoms with E-state index in [0.29, 0.717) is 6.04 Å².